The fourth-order valence-electron chi connectivity index (χ4n) is 9.74. The minimum absolute atomic E-state index is 0.0189. The van der Waals surface area contributed by atoms with Crippen molar-refractivity contribution in [3.8, 4) is 0 Å². The van der Waals surface area contributed by atoms with Crippen LogP contribution in [0.5, 0.6) is 0 Å². The Balaban J connectivity index is 1.64. The Labute approximate surface area is 332 Å². The maximum Gasteiger partial charge on any atom is 0.0158 e. The smallest absolute Gasteiger partial charge is 0.0158 e. The number of hydrogen-bond acceptors (Lipinski definition) is 0. The lowest BCUT2D eigenvalue weighted by atomic mass is 9.66. The summed E-state index contributed by atoms with van der Waals surface area (Å²) in [7, 11) is -1.38. The summed E-state index contributed by atoms with van der Waals surface area (Å²) in [5.74, 6) is 0. The van der Waals surface area contributed by atoms with Gasteiger partial charge in [-0.15, -0.1) is 0 Å². The van der Waals surface area contributed by atoms with Gasteiger partial charge in [0, 0.05) is 10.3 Å². The predicted octanol–water partition coefficient (Wildman–Crippen LogP) is 13.1. The van der Waals surface area contributed by atoms with Crippen LogP contribution >= 0.6 is 10.0 Å². The molecule has 55 heavy (non-hydrogen) atoms. The maximum atomic E-state index is 4.33. The molecular weight excluding hydrogens is 681 g/mol. The van der Waals surface area contributed by atoms with E-state index in [4.69, 9.17) is 0 Å². The molecule has 0 saturated carbocycles. The third-order valence-electron chi connectivity index (χ3n) is 12.8. The van der Waals surface area contributed by atoms with Gasteiger partial charge in [-0.25, -0.2) is 0 Å². The molecular formula is C54H58S. The molecule has 0 fully saturated rings. The van der Waals surface area contributed by atoms with Crippen molar-refractivity contribution < 1.29 is 0 Å². The van der Waals surface area contributed by atoms with Crippen LogP contribution < -0.4 is 10.4 Å². The molecule has 0 nitrogen and oxygen atoms in total. The van der Waals surface area contributed by atoms with E-state index in [-0.39, 0.29) is 16.2 Å². The average molecular weight is 739 g/mol. The van der Waals surface area contributed by atoms with Gasteiger partial charge in [-0.05, 0) is 148 Å². The standard InChI is InChI=1S/C54H58S/c1-13-35(52(3,4)5)32-46-34(2)48(43-31-30-36(53(6,7)8)33-47(43)55(46,11)12)49-37-22-14-16-24-39(37)50(40-25-17-15-23-38(40)49)51-41-26-18-20-28-44(41)54(9,10)45-29-21-19-27-42(45)51/h13-14,16-22,24-33H,1,15,23H2,2-12H3. The van der Waals surface area contributed by atoms with E-state index in [1.165, 1.54) is 97.8 Å². The molecule has 0 N–H and O–H groups in total. The summed E-state index contributed by atoms with van der Waals surface area (Å²) < 4.78 is 0. The normalized spacial score (nSPS) is 19.0. The van der Waals surface area contributed by atoms with Crippen molar-refractivity contribution in [2.75, 3.05) is 12.5 Å². The molecule has 280 valence electrons. The zero-order valence-corrected chi connectivity index (χ0v) is 35.8. The van der Waals surface area contributed by atoms with Gasteiger partial charge in [0.25, 0.3) is 0 Å². The zero-order chi connectivity index (χ0) is 39.2. The topological polar surface area (TPSA) is 0 Å². The first-order valence-electron chi connectivity index (χ1n) is 20.1. The highest BCUT2D eigenvalue weighted by Gasteiger charge is 2.37. The van der Waals surface area contributed by atoms with Gasteiger partial charge >= 0.3 is 0 Å². The van der Waals surface area contributed by atoms with Crippen molar-refractivity contribution in [3.63, 3.8) is 0 Å². The third-order valence-corrected chi connectivity index (χ3v) is 15.7. The monoisotopic (exact) mass is 738 g/mol. The molecule has 0 spiro atoms. The molecule has 2 aliphatic carbocycles. The molecule has 3 aliphatic rings. The van der Waals surface area contributed by atoms with E-state index < -0.39 is 10.0 Å². The van der Waals surface area contributed by atoms with E-state index in [1.54, 1.807) is 0 Å². The summed E-state index contributed by atoms with van der Waals surface area (Å²) in [5, 5.41) is 5.45. The summed E-state index contributed by atoms with van der Waals surface area (Å²) in [5.41, 5.74) is 16.5. The van der Waals surface area contributed by atoms with Crippen LogP contribution in [0.3, 0.4) is 0 Å². The Morgan fingerprint density at radius 2 is 1.31 bits per heavy atom. The van der Waals surface area contributed by atoms with Crippen molar-refractivity contribution in [3.05, 3.63) is 187 Å². The third kappa shape index (κ3) is 5.80. The van der Waals surface area contributed by atoms with Crippen molar-refractivity contribution in [2.45, 2.75) is 90.9 Å². The SMILES string of the molecule is C=CC(=CC1=C(C)C(=c2c3c(c(=C4c5ccccc5C(C)(C)c5ccccc54)c4ccccc24)C=CCC3)c2ccc(C(C)(C)C)cc2S1(C)C)C(C)(C)C. The fourth-order valence-corrected chi connectivity index (χ4v) is 12.4. The van der Waals surface area contributed by atoms with Gasteiger partial charge in [-0.2, -0.15) is 10.0 Å². The first kappa shape index (κ1) is 37.3. The molecule has 0 atom stereocenters. The molecule has 5 aromatic carbocycles. The van der Waals surface area contributed by atoms with Gasteiger partial charge in [-0.1, -0.05) is 165 Å². The Morgan fingerprint density at radius 3 is 1.89 bits per heavy atom. The number of allylic oxidation sites excluding steroid dienone is 5. The number of fused-ring (bicyclic) bond motifs is 5. The molecule has 0 bridgehead atoms. The van der Waals surface area contributed by atoms with Crippen molar-refractivity contribution in [1.29, 1.82) is 0 Å². The van der Waals surface area contributed by atoms with Gasteiger partial charge in [-0.3, -0.25) is 0 Å². The van der Waals surface area contributed by atoms with Crippen LogP contribution in [0.4, 0.5) is 0 Å². The minimum Gasteiger partial charge on any atom is -0.193 e. The highest BCUT2D eigenvalue weighted by atomic mass is 32.3. The van der Waals surface area contributed by atoms with Crippen LogP contribution in [0.25, 0.3) is 28.0 Å². The zero-order valence-electron chi connectivity index (χ0n) is 35.0. The minimum atomic E-state index is -1.38. The lowest BCUT2D eigenvalue weighted by Gasteiger charge is -2.43. The predicted molar refractivity (Wildman–Crippen MR) is 243 cm³/mol. The first-order valence-corrected chi connectivity index (χ1v) is 22.6. The van der Waals surface area contributed by atoms with Crippen LogP contribution in [-0.4, -0.2) is 12.5 Å². The molecule has 1 aliphatic heterocycles. The molecule has 0 amide bonds. The van der Waals surface area contributed by atoms with E-state index in [0.29, 0.717) is 0 Å². The molecule has 5 aromatic rings. The van der Waals surface area contributed by atoms with Crippen LogP contribution in [0.2, 0.25) is 0 Å². The van der Waals surface area contributed by atoms with E-state index >= 15 is 0 Å². The maximum absolute atomic E-state index is 4.33. The van der Waals surface area contributed by atoms with Gasteiger partial charge in [0.1, 0.15) is 0 Å². The molecule has 0 unspecified atom stereocenters. The van der Waals surface area contributed by atoms with E-state index in [0.717, 1.165) is 12.8 Å². The second kappa shape index (κ2) is 13.0. The quantitative estimate of drug-likeness (QED) is 0.158. The van der Waals surface area contributed by atoms with E-state index in [1.807, 2.05) is 0 Å². The van der Waals surface area contributed by atoms with Crippen LogP contribution in [-0.2, 0) is 17.3 Å². The number of benzene rings is 5. The second-order valence-electron chi connectivity index (χ2n) is 18.9. The second-order valence-corrected chi connectivity index (χ2v) is 22.5. The summed E-state index contributed by atoms with van der Waals surface area (Å²) in [6.07, 6.45) is 16.6. The Morgan fingerprint density at radius 1 is 0.727 bits per heavy atom. The summed E-state index contributed by atoms with van der Waals surface area (Å²) >= 11 is 0. The van der Waals surface area contributed by atoms with Crippen LogP contribution in [0, 0.1) is 5.41 Å². The van der Waals surface area contributed by atoms with Crippen molar-refractivity contribution in [1.82, 2.24) is 0 Å². The summed E-state index contributed by atoms with van der Waals surface area (Å²) in [4.78, 5) is 2.95. The van der Waals surface area contributed by atoms with Crippen LogP contribution in [0.15, 0.2) is 137 Å². The molecule has 0 aromatic heterocycles. The molecule has 0 radical (unpaired) electrons. The largest absolute Gasteiger partial charge is 0.193 e. The molecule has 1 heteroatoms. The molecule has 0 saturated heterocycles. The van der Waals surface area contributed by atoms with Gasteiger partial charge in [0.2, 0.25) is 0 Å². The average Bonchev–Trinajstić information content (AvgIpc) is 3.14. The van der Waals surface area contributed by atoms with Crippen molar-refractivity contribution >= 4 is 38.0 Å². The fraction of sp³-hybridized carbons (Fsp3) is 0.296. The van der Waals surface area contributed by atoms with Crippen LogP contribution in [0.1, 0.15) is 113 Å². The number of rotatable bonds is 2. The highest BCUT2D eigenvalue weighted by Crippen LogP contribution is 2.64. The number of hydrogen-bond donors (Lipinski definition) is 0. The molecule has 1 heterocycles. The highest BCUT2D eigenvalue weighted by molar-refractivity contribution is 8.36. The summed E-state index contributed by atoms with van der Waals surface area (Å²) in [6.45, 7) is 25.5. The van der Waals surface area contributed by atoms with E-state index in [9.17, 15) is 0 Å². The Hall–Kier alpha value is -4.59. The van der Waals surface area contributed by atoms with Gasteiger partial charge in [0.15, 0.2) is 0 Å². The lowest BCUT2D eigenvalue weighted by Crippen LogP contribution is -2.32. The Bertz CT molecular complexity index is 2620. The first-order chi connectivity index (χ1) is 26.0. The summed E-state index contributed by atoms with van der Waals surface area (Å²) in [6, 6.07) is 35.1. The lowest BCUT2D eigenvalue weighted by molar-refractivity contribution is 0.517. The van der Waals surface area contributed by atoms with Crippen molar-refractivity contribution in [2.24, 2.45) is 5.41 Å². The van der Waals surface area contributed by atoms with Gasteiger partial charge in [0.05, 0.1) is 0 Å². The van der Waals surface area contributed by atoms with E-state index in [2.05, 4.69) is 197 Å². The Kier molecular flexibility index (Phi) is 8.82. The van der Waals surface area contributed by atoms with Gasteiger partial charge < -0.3 is 0 Å². The molecule has 8 rings (SSSR count).